The minimum Gasteiger partial charge on any atom is -0.462 e. The molecule has 0 aromatic heterocycles. The van der Waals surface area contributed by atoms with E-state index in [-0.39, 0.29) is 25.7 Å². The summed E-state index contributed by atoms with van der Waals surface area (Å²) in [5, 5.41) is 10.6. The van der Waals surface area contributed by atoms with Crippen molar-refractivity contribution in [3.8, 4) is 0 Å². The summed E-state index contributed by atoms with van der Waals surface area (Å²) in [4.78, 5) is 72.7. The molecule has 0 aromatic carbocycles. The Kier molecular flexibility index (Phi) is 69.3. The topological polar surface area (TPSA) is 237 Å². The molecule has 0 aliphatic rings. The van der Waals surface area contributed by atoms with Crippen LogP contribution in [-0.4, -0.2) is 96.7 Å². The molecule has 0 aromatic rings. The molecule has 17 nitrogen and oxygen atoms in total. The zero-order chi connectivity index (χ0) is 72.1. The number of unbranched alkanes of at least 4 members (excludes halogenated alkanes) is 47. The van der Waals surface area contributed by atoms with Crippen LogP contribution in [0.3, 0.4) is 0 Å². The molecule has 3 N–H and O–H groups in total. The molecular formula is C79H154O17P2. The highest BCUT2D eigenvalue weighted by molar-refractivity contribution is 7.47. The van der Waals surface area contributed by atoms with Gasteiger partial charge in [0, 0.05) is 25.7 Å². The second kappa shape index (κ2) is 70.7. The van der Waals surface area contributed by atoms with Crippen molar-refractivity contribution in [2.45, 2.75) is 432 Å². The maximum Gasteiger partial charge on any atom is 0.472 e. The van der Waals surface area contributed by atoms with Crippen molar-refractivity contribution < 1.29 is 80.2 Å². The standard InChI is InChI=1S/C79H154O17P2/c1-7-10-12-14-16-17-18-19-20-23-27-30-33-38-44-50-56-62-77(82)90-68-75(96-78(83)63-57-51-45-39-34-31-28-25-22-21-24-26-29-32-37-43-48-54-60-72(6)9-3)70-94-98(87,88)92-66-73(80)65-91-97(85,86)93-69-74(67-89-76(81)61-55-49-41-15-13-11-8-2)95-79(84)64-58-52-46-40-35-36-42-47-53-59-71(4)5/h71-75,80H,7-70H2,1-6H3,(H,85,86)(H,87,88)/t72?,73-,74+,75+/m0/s1. The van der Waals surface area contributed by atoms with Gasteiger partial charge in [-0.15, -0.1) is 0 Å². The highest BCUT2D eigenvalue weighted by atomic mass is 31.2. The highest BCUT2D eigenvalue weighted by Gasteiger charge is 2.30. The summed E-state index contributed by atoms with van der Waals surface area (Å²) in [7, 11) is -9.91. The van der Waals surface area contributed by atoms with E-state index in [9.17, 15) is 43.2 Å². The highest BCUT2D eigenvalue weighted by Crippen LogP contribution is 2.45. The van der Waals surface area contributed by atoms with Crippen LogP contribution in [0.4, 0.5) is 0 Å². The maximum absolute atomic E-state index is 13.1. The Morgan fingerprint density at radius 1 is 0.296 bits per heavy atom. The van der Waals surface area contributed by atoms with Gasteiger partial charge in [0.1, 0.15) is 19.3 Å². The number of esters is 4. The molecule has 0 amide bonds. The number of ether oxygens (including phenoxy) is 4. The van der Waals surface area contributed by atoms with E-state index < -0.39 is 97.5 Å². The van der Waals surface area contributed by atoms with Crippen LogP contribution < -0.4 is 0 Å². The van der Waals surface area contributed by atoms with E-state index in [1.165, 1.54) is 218 Å². The monoisotopic (exact) mass is 1440 g/mol. The van der Waals surface area contributed by atoms with Crippen molar-refractivity contribution in [1.29, 1.82) is 0 Å². The lowest BCUT2D eigenvalue weighted by Crippen LogP contribution is -2.30. The first-order valence-electron chi connectivity index (χ1n) is 41.0. The van der Waals surface area contributed by atoms with Gasteiger partial charge in [0.25, 0.3) is 0 Å². The van der Waals surface area contributed by atoms with Crippen LogP contribution in [0.25, 0.3) is 0 Å². The first-order valence-corrected chi connectivity index (χ1v) is 44.0. The van der Waals surface area contributed by atoms with E-state index in [1.807, 2.05) is 0 Å². The quantitative estimate of drug-likeness (QED) is 0.0222. The molecule has 0 bridgehead atoms. The van der Waals surface area contributed by atoms with E-state index in [0.29, 0.717) is 25.7 Å². The molecule has 0 saturated heterocycles. The summed E-state index contributed by atoms with van der Waals surface area (Å²) in [5.41, 5.74) is 0. The van der Waals surface area contributed by atoms with Crippen molar-refractivity contribution in [3.05, 3.63) is 0 Å². The molecule has 0 aliphatic carbocycles. The summed E-state index contributed by atoms with van der Waals surface area (Å²) in [6.45, 7) is 9.62. The van der Waals surface area contributed by atoms with Gasteiger partial charge in [-0.2, -0.15) is 0 Å². The number of rotatable bonds is 78. The predicted molar refractivity (Wildman–Crippen MR) is 400 cm³/mol. The van der Waals surface area contributed by atoms with E-state index in [4.69, 9.17) is 37.0 Å². The van der Waals surface area contributed by atoms with Gasteiger partial charge in [0.05, 0.1) is 26.4 Å². The molecule has 0 aliphatic heterocycles. The lowest BCUT2D eigenvalue weighted by atomic mass is 9.99. The Hall–Kier alpha value is -1.94. The van der Waals surface area contributed by atoms with Crippen molar-refractivity contribution in [1.82, 2.24) is 0 Å². The van der Waals surface area contributed by atoms with E-state index >= 15 is 0 Å². The molecule has 3 unspecified atom stereocenters. The van der Waals surface area contributed by atoms with Crippen molar-refractivity contribution >= 4 is 39.5 Å². The van der Waals surface area contributed by atoms with Gasteiger partial charge < -0.3 is 33.8 Å². The number of aliphatic hydroxyl groups excluding tert-OH is 1. The molecule has 19 heteroatoms. The van der Waals surface area contributed by atoms with Crippen LogP contribution in [0.1, 0.15) is 414 Å². The number of aliphatic hydroxyl groups is 1. The molecule has 0 spiro atoms. The number of carbonyl (C=O) groups is 4. The predicted octanol–water partition coefficient (Wildman–Crippen LogP) is 23.5. The first-order chi connectivity index (χ1) is 47.4. The Balaban J connectivity index is 5.16. The Morgan fingerprint density at radius 2 is 0.520 bits per heavy atom. The Labute approximate surface area is 600 Å². The summed E-state index contributed by atoms with van der Waals surface area (Å²) in [6.07, 6.45) is 59.9. The number of phosphoric ester groups is 2. The van der Waals surface area contributed by atoms with E-state index in [1.54, 1.807) is 0 Å². The summed E-state index contributed by atoms with van der Waals surface area (Å²) >= 11 is 0. The van der Waals surface area contributed by atoms with Gasteiger partial charge in [-0.3, -0.25) is 37.3 Å². The third kappa shape index (κ3) is 71.1. The third-order valence-corrected chi connectivity index (χ3v) is 20.7. The summed E-state index contributed by atoms with van der Waals surface area (Å²) < 4.78 is 68.5. The average molecular weight is 1440 g/mol. The molecule has 6 atom stereocenters. The number of carbonyl (C=O) groups excluding carboxylic acids is 4. The van der Waals surface area contributed by atoms with Gasteiger partial charge in [-0.1, -0.05) is 363 Å². The van der Waals surface area contributed by atoms with Gasteiger partial charge in [0.15, 0.2) is 12.2 Å². The van der Waals surface area contributed by atoms with Gasteiger partial charge >= 0.3 is 39.5 Å². The molecule has 0 saturated carbocycles. The number of hydrogen-bond acceptors (Lipinski definition) is 15. The minimum atomic E-state index is -4.96. The fourth-order valence-electron chi connectivity index (χ4n) is 12.2. The van der Waals surface area contributed by atoms with Crippen molar-refractivity contribution in [3.63, 3.8) is 0 Å². The lowest BCUT2D eigenvalue weighted by molar-refractivity contribution is -0.161. The van der Waals surface area contributed by atoms with Crippen molar-refractivity contribution in [2.24, 2.45) is 11.8 Å². The smallest absolute Gasteiger partial charge is 0.462 e. The minimum absolute atomic E-state index is 0.105. The van der Waals surface area contributed by atoms with E-state index in [0.717, 1.165) is 115 Å². The largest absolute Gasteiger partial charge is 0.472 e. The van der Waals surface area contributed by atoms with Crippen LogP contribution >= 0.6 is 15.6 Å². The normalized spacial score (nSPS) is 14.2. The van der Waals surface area contributed by atoms with Crippen LogP contribution in [-0.2, 0) is 65.4 Å². The summed E-state index contributed by atoms with van der Waals surface area (Å²) in [6, 6.07) is 0. The van der Waals surface area contributed by atoms with Crippen LogP contribution in [0.15, 0.2) is 0 Å². The number of hydrogen-bond donors (Lipinski definition) is 3. The molecule has 0 radical (unpaired) electrons. The van der Waals surface area contributed by atoms with Crippen molar-refractivity contribution in [2.75, 3.05) is 39.6 Å². The second-order valence-corrected chi connectivity index (χ2v) is 32.1. The maximum atomic E-state index is 13.1. The first kappa shape index (κ1) is 96.1. The number of phosphoric acid groups is 2. The Bertz CT molecular complexity index is 1890. The van der Waals surface area contributed by atoms with Crippen LogP contribution in [0, 0.1) is 11.8 Å². The van der Waals surface area contributed by atoms with Gasteiger partial charge in [-0.25, -0.2) is 9.13 Å². The third-order valence-electron chi connectivity index (χ3n) is 18.8. The zero-order valence-corrected chi connectivity index (χ0v) is 65.9. The molecular weight excluding hydrogens is 1280 g/mol. The lowest BCUT2D eigenvalue weighted by Gasteiger charge is -2.21. The van der Waals surface area contributed by atoms with E-state index in [2.05, 4.69) is 41.5 Å². The second-order valence-electron chi connectivity index (χ2n) is 29.2. The summed E-state index contributed by atoms with van der Waals surface area (Å²) in [5.74, 6) is -0.509. The fourth-order valence-corrected chi connectivity index (χ4v) is 13.7. The Morgan fingerprint density at radius 3 is 0.776 bits per heavy atom. The average Bonchev–Trinajstić information content (AvgIpc) is 1.28. The fraction of sp³-hybridized carbons (Fsp3) is 0.949. The van der Waals surface area contributed by atoms with Gasteiger partial charge in [0.2, 0.25) is 0 Å². The molecule has 0 fully saturated rings. The van der Waals surface area contributed by atoms with Crippen LogP contribution in [0.2, 0.25) is 0 Å². The molecule has 98 heavy (non-hydrogen) atoms. The van der Waals surface area contributed by atoms with Crippen LogP contribution in [0.5, 0.6) is 0 Å². The SMILES string of the molecule is CCCCCCCCCCCCCCCCCCCC(=O)OC[C@H](COP(=O)(O)OC[C@@H](O)COP(=O)(O)OC[C@@H](COC(=O)CCCCCCCCC)OC(=O)CCCCCCCCCCCC(C)C)OC(=O)CCCCCCCCCCCCCCCCCCCCC(C)CC. The molecule has 0 heterocycles. The molecule has 582 valence electrons. The van der Waals surface area contributed by atoms with Gasteiger partial charge in [-0.05, 0) is 37.5 Å². The zero-order valence-electron chi connectivity index (χ0n) is 64.1. The molecule has 0 rings (SSSR count).